The Hall–Kier alpha value is -3.18. The van der Waals surface area contributed by atoms with Crippen LogP contribution in [0.3, 0.4) is 0 Å². The summed E-state index contributed by atoms with van der Waals surface area (Å²) in [6, 6.07) is 9.95. The van der Waals surface area contributed by atoms with E-state index in [2.05, 4.69) is 4.72 Å². The summed E-state index contributed by atoms with van der Waals surface area (Å²) in [5, 5.41) is 28.6. The van der Waals surface area contributed by atoms with Crippen LogP contribution in [0.15, 0.2) is 41.3 Å². The minimum absolute atomic E-state index is 0.0611. The SMILES string of the molecule is CN(C)c1cccc2c(S(=O)(=O)NC(CCC(=O)O)(CCC(=O)O)CCC(=O)O)cccc12. The molecule has 0 bridgehead atoms. The van der Waals surface area contributed by atoms with Crippen molar-refractivity contribution in [2.45, 2.75) is 49.0 Å². The lowest BCUT2D eigenvalue weighted by Gasteiger charge is -2.34. The molecule has 4 N–H and O–H groups in total. The lowest BCUT2D eigenvalue weighted by molar-refractivity contribution is -0.137. The van der Waals surface area contributed by atoms with Crippen molar-refractivity contribution in [2.24, 2.45) is 0 Å². The predicted octanol–water partition coefficient (Wildman–Crippen LogP) is 2.52. The number of carboxylic acids is 3. The van der Waals surface area contributed by atoms with Gasteiger partial charge in [-0.25, -0.2) is 13.1 Å². The molecule has 2 aromatic rings. The van der Waals surface area contributed by atoms with Crippen molar-refractivity contribution in [1.29, 1.82) is 0 Å². The molecule has 0 atom stereocenters. The first-order valence-corrected chi connectivity index (χ1v) is 11.7. The zero-order chi connectivity index (χ0) is 24.8. The zero-order valence-corrected chi connectivity index (χ0v) is 19.3. The molecule has 0 saturated carbocycles. The zero-order valence-electron chi connectivity index (χ0n) is 18.4. The number of fused-ring (bicyclic) bond motifs is 1. The van der Waals surface area contributed by atoms with Crippen LogP contribution in [-0.4, -0.2) is 61.3 Å². The molecule has 11 heteroatoms. The van der Waals surface area contributed by atoms with Gasteiger partial charge in [0.1, 0.15) is 0 Å². The number of sulfonamides is 1. The molecule has 2 rings (SSSR count). The summed E-state index contributed by atoms with van der Waals surface area (Å²) in [6.07, 6.45) is -2.13. The van der Waals surface area contributed by atoms with Gasteiger partial charge in [0.15, 0.2) is 0 Å². The third-order valence-corrected chi connectivity index (χ3v) is 7.07. The highest BCUT2D eigenvalue weighted by Gasteiger charge is 2.37. The van der Waals surface area contributed by atoms with Crippen LogP contribution in [0.1, 0.15) is 38.5 Å². The molecule has 0 amide bonds. The van der Waals surface area contributed by atoms with Gasteiger partial charge in [-0.2, -0.15) is 0 Å². The van der Waals surface area contributed by atoms with Crippen LogP contribution in [0.25, 0.3) is 10.8 Å². The molecule has 0 aliphatic carbocycles. The molecule has 2 aromatic carbocycles. The summed E-state index contributed by atoms with van der Waals surface area (Å²) < 4.78 is 29.5. The highest BCUT2D eigenvalue weighted by molar-refractivity contribution is 7.89. The Bertz CT molecular complexity index is 1100. The summed E-state index contributed by atoms with van der Waals surface area (Å²) in [5.41, 5.74) is -0.770. The molecular weight excluding hydrogens is 452 g/mol. The van der Waals surface area contributed by atoms with E-state index in [-0.39, 0.29) is 24.2 Å². The number of nitrogens with zero attached hydrogens (tertiary/aromatic N) is 1. The fraction of sp³-hybridized carbons (Fsp3) is 0.409. The van der Waals surface area contributed by atoms with Crippen LogP contribution in [-0.2, 0) is 24.4 Å². The highest BCUT2D eigenvalue weighted by atomic mass is 32.2. The van der Waals surface area contributed by atoms with Crippen molar-refractivity contribution in [3.8, 4) is 0 Å². The van der Waals surface area contributed by atoms with E-state index < -0.39 is 52.7 Å². The van der Waals surface area contributed by atoms with Gasteiger partial charge in [0.2, 0.25) is 10.0 Å². The van der Waals surface area contributed by atoms with E-state index >= 15 is 0 Å². The van der Waals surface area contributed by atoms with Crippen molar-refractivity contribution in [1.82, 2.24) is 4.72 Å². The van der Waals surface area contributed by atoms with Crippen LogP contribution in [0.5, 0.6) is 0 Å². The molecule has 0 saturated heterocycles. The Morgan fingerprint density at radius 2 is 1.27 bits per heavy atom. The standard InChI is InChI=1S/C22H28N2O8S/c1-24(2)17-7-3-6-16-15(17)5-4-8-18(16)33(31,32)23-22(12-9-19(25)26,13-10-20(27)28)14-11-21(29)30/h3-8,23H,9-14H2,1-2H3,(H,25,26)(H,27,28)(H,29,30). The normalized spacial score (nSPS) is 11.9. The fourth-order valence-electron chi connectivity index (χ4n) is 3.80. The lowest BCUT2D eigenvalue weighted by Crippen LogP contribution is -2.49. The van der Waals surface area contributed by atoms with Crippen LogP contribution in [0, 0.1) is 0 Å². The van der Waals surface area contributed by atoms with Crippen LogP contribution >= 0.6 is 0 Å². The Morgan fingerprint density at radius 1 is 0.818 bits per heavy atom. The molecule has 0 fully saturated rings. The average molecular weight is 481 g/mol. The number of anilines is 1. The monoisotopic (exact) mass is 480 g/mol. The minimum Gasteiger partial charge on any atom is -0.481 e. The third-order valence-electron chi connectivity index (χ3n) is 5.43. The predicted molar refractivity (Wildman–Crippen MR) is 122 cm³/mol. The van der Waals surface area contributed by atoms with Crippen molar-refractivity contribution < 1.29 is 38.1 Å². The maximum absolute atomic E-state index is 13.5. The molecule has 10 nitrogen and oxygen atoms in total. The first-order valence-electron chi connectivity index (χ1n) is 10.3. The molecule has 0 aliphatic rings. The molecule has 0 aliphatic heterocycles. The second kappa shape index (κ2) is 10.6. The van der Waals surface area contributed by atoms with Gasteiger partial charge in [-0.3, -0.25) is 14.4 Å². The molecule has 0 spiro atoms. The highest BCUT2D eigenvalue weighted by Crippen LogP contribution is 2.33. The van der Waals surface area contributed by atoms with Crippen LogP contribution < -0.4 is 9.62 Å². The maximum Gasteiger partial charge on any atom is 0.303 e. The number of benzene rings is 2. The van der Waals surface area contributed by atoms with Gasteiger partial charge in [0.25, 0.3) is 0 Å². The first kappa shape index (κ1) is 26.1. The molecule has 0 aromatic heterocycles. The number of rotatable bonds is 13. The van der Waals surface area contributed by atoms with E-state index in [9.17, 15) is 22.8 Å². The van der Waals surface area contributed by atoms with E-state index in [0.29, 0.717) is 10.8 Å². The van der Waals surface area contributed by atoms with Crippen LogP contribution in [0.4, 0.5) is 5.69 Å². The number of carbonyl (C=O) groups is 3. The molecular formula is C22H28N2O8S. The van der Waals surface area contributed by atoms with Gasteiger partial charge < -0.3 is 20.2 Å². The third kappa shape index (κ3) is 6.90. The summed E-state index contributed by atoms with van der Waals surface area (Å²) in [6.45, 7) is 0. The molecule has 33 heavy (non-hydrogen) atoms. The molecule has 0 unspecified atom stereocenters. The van der Waals surface area contributed by atoms with Crippen LogP contribution in [0.2, 0.25) is 0 Å². The van der Waals surface area contributed by atoms with E-state index in [0.717, 1.165) is 5.69 Å². The number of hydrogen-bond donors (Lipinski definition) is 4. The Balaban J connectivity index is 2.58. The summed E-state index contributed by atoms with van der Waals surface area (Å²) in [4.78, 5) is 35.4. The molecule has 0 heterocycles. The van der Waals surface area contributed by atoms with Crippen molar-refractivity contribution in [3.63, 3.8) is 0 Å². The second-order valence-corrected chi connectivity index (χ2v) is 9.74. The van der Waals surface area contributed by atoms with E-state index in [1.807, 2.05) is 25.1 Å². The summed E-state index contributed by atoms with van der Waals surface area (Å²) in [5.74, 6) is -3.61. The van der Waals surface area contributed by atoms with Crippen molar-refractivity contribution in [2.75, 3.05) is 19.0 Å². The lowest BCUT2D eigenvalue weighted by atomic mass is 9.85. The Labute approximate surface area is 191 Å². The number of carboxylic acid groups (broad SMARTS) is 3. The topological polar surface area (TPSA) is 161 Å². The van der Waals surface area contributed by atoms with Crippen molar-refractivity contribution >= 4 is 44.4 Å². The minimum atomic E-state index is -4.28. The Morgan fingerprint density at radius 3 is 1.73 bits per heavy atom. The first-order chi connectivity index (χ1) is 15.4. The smallest absolute Gasteiger partial charge is 0.303 e. The quantitative estimate of drug-likeness (QED) is 0.337. The van der Waals surface area contributed by atoms with Gasteiger partial charge >= 0.3 is 17.9 Å². The Kier molecular flexibility index (Phi) is 8.39. The van der Waals surface area contributed by atoms with Crippen molar-refractivity contribution in [3.05, 3.63) is 36.4 Å². The molecule has 180 valence electrons. The van der Waals surface area contributed by atoms with Gasteiger partial charge in [-0.05, 0) is 31.4 Å². The summed E-state index contributed by atoms with van der Waals surface area (Å²) >= 11 is 0. The van der Waals surface area contributed by atoms with Gasteiger partial charge in [-0.1, -0.05) is 24.3 Å². The van der Waals surface area contributed by atoms with E-state index in [4.69, 9.17) is 15.3 Å². The number of nitrogens with one attached hydrogen (secondary N) is 1. The number of aliphatic carboxylic acids is 3. The average Bonchev–Trinajstić information content (AvgIpc) is 2.73. The summed E-state index contributed by atoms with van der Waals surface area (Å²) in [7, 11) is -0.633. The maximum atomic E-state index is 13.5. The fourth-order valence-corrected chi connectivity index (χ4v) is 5.51. The van der Waals surface area contributed by atoms with E-state index in [1.165, 1.54) is 6.07 Å². The van der Waals surface area contributed by atoms with Gasteiger partial charge in [0.05, 0.1) is 4.90 Å². The van der Waals surface area contributed by atoms with Gasteiger partial charge in [-0.15, -0.1) is 0 Å². The van der Waals surface area contributed by atoms with E-state index in [1.54, 1.807) is 24.3 Å². The van der Waals surface area contributed by atoms with Gasteiger partial charge in [0, 0.05) is 55.4 Å². The largest absolute Gasteiger partial charge is 0.481 e. The second-order valence-electron chi connectivity index (χ2n) is 8.09. The molecule has 0 radical (unpaired) electrons. The number of hydrogen-bond acceptors (Lipinski definition) is 6.